The Labute approximate surface area is 115 Å². The van der Waals surface area contributed by atoms with Gasteiger partial charge in [-0.2, -0.15) is 0 Å². The first-order chi connectivity index (χ1) is 8.48. The number of pyridine rings is 1. The lowest BCUT2D eigenvalue weighted by Gasteiger charge is -2.33. The molecule has 0 atom stereocenters. The van der Waals surface area contributed by atoms with Crippen molar-refractivity contribution in [3.63, 3.8) is 0 Å². The Kier molecular flexibility index (Phi) is 5.08. The Morgan fingerprint density at radius 3 is 2.28 bits per heavy atom. The molecule has 0 unspecified atom stereocenters. The van der Waals surface area contributed by atoms with Crippen LogP contribution in [-0.2, 0) is 0 Å². The SMILES string of the molecule is CCC(CC)(CC)Nc1nc(C)ccc1C(N)=S. The Balaban J connectivity index is 3.16. The summed E-state index contributed by atoms with van der Waals surface area (Å²) < 4.78 is 0. The third kappa shape index (κ3) is 3.19. The minimum absolute atomic E-state index is 0.0698. The van der Waals surface area contributed by atoms with E-state index in [0.29, 0.717) is 4.99 Å². The quantitative estimate of drug-likeness (QED) is 0.774. The van der Waals surface area contributed by atoms with Gasteiger partial charge in [-0.3, -0.25) is 0 Å². The summed E-state index contributed by atoms with van der Waals surface area (Å²) in [5.74, 6) is 0.813. The Morgan fingerprint density at radius 1 is 1.28 bits per heavy atom. The lowest BCUT2D eigenvalue weighted by molar-refractivity contribution is 0.419. The van der Waals surface area contributed by atoms with E-state index in [1.165, 1.54) is 0 Å². The van der Waals surface area contributed by atoms with E-state index in [9.17, 15) is 0 Å². The second-order valence-electron chi connectivity index (χ2n) is 4.68. The molecule has 0 aliphatic heterocycles. The van der Waals surface area contributed by atoms with Gasteiger partial charge in [0.15, 0.2) is 0 Å². The van der Waals surface area contributed by atoms with Crippen molar-refractivity contribution in [1.29, 1.82) is 0 Å². The molecule has 0 aliphatic rings. The molecule has 0 aromatic carbocycles. The van der Waals surface area contributed by atoms with E-state index < -0.39 is 0 Å². The van der Waals surface area contributed by atoms with E-state index >= 15 is 0 Å². The highest BCUT2D eigenvalue weighted by Gasteiger charge is 2.25. The first kappa shape index (κ1) is 14.9. The second-order valence-corrected chi connectivity index (χ2v) is 5.12. The normalized spacial score (nSPS) is 11.3. The van der Waals surface area contributed by atoms with Crippen molar-refractivity contribution in [2.75, 3.05) is 5.32 Å². The summed E-state index contributed by atoms with van der Waals surface area (Å²) in [4.78, 5) is 4.94. The topological polar surface area (TPSA) is 50.9 Å². The number of aromatic nitrogens is 1. The maximum atomic E-state index is 5.76. The lowest BCUT2D eigenvalue weighted by Crippen LogP contribution is -2.37. The number of anilines is 1. The fourth-order valence-electron chi connectivity index (χ4n) is 2.12. The smallest absolute Gasteiger partial charge is 0.136 e. The molecule has 1 rings (SSSR count). The highest BCUT2D eigenvalue weighted by atomic mass is 32.1. The van der Waals surface area contributed by atoms with Crippen molar-refractivity contribution < 1.29 is 0 Å². The van der Waals surface area contributed by atoms with Gasteiger partial charge in [-0.05, 0) is 38.3 Å². The van der Waals surface area contributed by atoms with Crippen LogP contribution in [0.15, 0.2) is 12.1 Å². The first-order valence-electron chi connectivity index (χ1n) is 6.53. The van der Waals surface area contributed by atoms with E-state index in [4.69, 9.17) is 18.0 Å². The fourth-order valence-corrected chi connectivity index (χ4v) is 2.28. The van der Waals surface area contributed by atoms with Gasteiger partial charge in [0.25, 0.3) is 0 Å². The van der Waals surface area contributed by atoms with Crippen LogP contribution in [0.25, 0.3) is 0 Å². The molecular formula is C14H23N3S. The molecule has 1 aromatic heterocycles. The Hall–Kier alpha value is -1.16. The van der Waals surface area contributed by atoms with Gasteiger partial charge in [0.2, 0.25) is 0 Å². The van der Waals surface area contributed by atoms with Crippen molar-refractivity contribution in [1.82, 2.24) is 4.98 Å². The molecule has 3 nitrogen and oxygen atoms in total. The summed E-state index contributed by atoms with van der Waals surface area (Å²) in [6, 6.07) is 3.88. The average molecular weight is 265 g/mol. The van der Waals surface area contributed by atoms with Gasteiger partial charge < -0.3 is 11.1 Å². The molecule has 3 N–H and O–H groups in total. The van der Waals surface area contributed by atoms with Gasteiger partial charge in [-0.1, -0.05) is 33.0 Å². The molecule has 0 saturated heterocycles. The molecule has 0 saturated carbocycles. The number of hydrogen-bond donors (Lipinski definition) is 2. The van der Waals surface area contributed by atoms with Crippen LogP contribution in [0.2, 0.25) is 0 Å². The number of hydrogen-bond acceptors (Lipinski definition) is 3. The first-order valence-corrected chi connectivity index (χ1v) is 6.94. The molecule has 0 spiro atoms. The highest BCUT2D eigenvalue weighted by Crippen LogP contribution is 2.26. The molecule has 0 amide bonds. The summed E-state index contributed by atoms with van der Waals surface area (Å²) in [6.07, 6.45) is 3.14. The highest BCUT2D eigenvalue weighted by molar-refractivity contribution is 7.80. The molecule has 0 fully saturated rings. The molecule has 0 radical (unpaired) electrons. The minimum atomic E-state index is 0.0698. The van der Waals surface area contributed by atoms with Crippen LogP contribution in [0, 0.1) is 6.92 Å². The van der Waals surface area contributed by atoms with Crippen LogP contribution < -0.4 is 11.1 Å². The van der Waals surface area contributed by atoms with Crippen molar-refractivity contribution in [3.05, 3.63) is 23.4 Å². The summed E-state index contributed by atoms with van der Waals surface area (Å²) in [5.41, 5.74) is 7.63. The minimum Gasteiger partial charge on any atom is -0.389 e. The van der Waals surface area contributed by atoms with Crippen LogP contribution in [0.4, 0.5) is 5.82 Å². The Morgan fingerprint density at radius 2 is 1.83 bits per heavy atom. The van der Waals surface area contributed by atoms with Crippen LogP contribution in [0.1, 0.15) is 51.3 Å². The monoisotopic (exact) mass is 265 g/mol. The molecule has 1 heterocycles. The van der Waals surface area contributed by atoms with Crippen molar-refractivity contribution in [3.8, 4) is 0 Å². The molecule has 18 heavy (non-hydrogen) atoms. The van der Waals surface area contributed by atoms with Crippen molar-refractivity contribution in [2.24, 2.45) is 5.73 Å². The van der Waals surface area contributed by atoms with Gasteiger partial charge in [-0.25, -0.2) is 4.98 Å². The molecular weight excluding hydrogens is 242 g/mol. The predicted octanol–water partition coefficient (Wildman–Crippen LogP) is 3.40. The molecule has 4 heteroatoms. The zero-order chi connectivity index (χ0) is 13.8. The summed E-state index contributed by atoms with van der Waals surface area (Å²) >= 11 is 5.09. The molecule has 0 bridgehead atoms. The number of rotatable bonds is 6. The predicted molar refractivity (Wildman–Crippen MR) is 82.1 cm³/mol. The van der Waals surface area contributed by atoms with Crippen LogP contribution >= 0.6 is 12.2 Å². The number of nitrogens with zero attached hydrogens (tertiary/aromatic N) is 1. The molecule has 0 aliphatic carbocycles. The lowest BCUT2D eigenvalue weighted by atomic mass is 9.89. The Bertz CT molecular complexity index is 417. The second kappa shape index (κ2) is 6.14. The third-order valence-electron chi connectivity index (χ3n) is 3.71. The third-order valence-corrected chi connectivity index (χ3v) is 3.93. The van der Waals surface area contributed by atoms with Crippen LogP contribution in [0.5, 0.6) is 0 Å². The van der Waals surface area contributed by atoms with Crippen LogP contribution in [-0.4, -0.2) is 15.5 Å². The maximum Gasteiger partial charge on any atom is 0.136 e. The standard InChI is InChI=1S/C14H23N3S/c1-5-14(6-2,7-3)17-13-11(12(15)18)9-8-10(4)16-13/h8-9H,5-7H2,1-4H3,(H2,15,18)(H,16,17). The average Bonchev–Trinajstić information content (AvgIpc) is 2.36. The largest absolute Gasteiger partial charge is 0.389 e. The molecule has 100 valence electrons. The van der Waals surface area contributed by atoms with Crippen molar-refractivity contribution in [2.45, 2.75) is 52.5 Å². The van der Waals surface area contributed by atoms with Gasteiger partial charge in [0, 0.05) is 11.2 Å². The van der Waals surface area contributed by atoms with Crippen molar-refractivity contribution >= 4 is 23.0 Å². The van der Waals surface area contributed by atoms with E-state index in [-0.39, 0.29) is 5.54 Å². The van der Waals surface area contributed by atoms with Crippen LogP contribution in [0.3, 0.4) is 0 Å². The summed E-state index contributed by atoms with van der Waals surface area (Å²) in [7, 11) is 0. The van der Waals surface area contributed by atoms with E-state index in [2.05, 4.69) is 31.1 Å². The van der Waals surface area contributed by atoms with Gasteiger partial charge in [-0.15, -0.1) is 0 Å². The van der Waals surface area contributed by atoms with Gasteiger partial charge in [0.1, 0.15) is 10.8 Å². The van der Waals surface area contributed by atoms with E-state index in [1.807, 2.05) is 19.1 Å². The van der Waals surface area contributed by atoms with Gasteiger partial charge in [0.05, 0.1) is 5.56 Å². The number of nitrogens with one attached hydrogen (secondary N) is 1. The summed E-state index contributed by atoms with van der Waals surface area (Å²) in [5, 5.41) is 3.55. The zero-order valence-corrected chi connectivity index (χ0v) is 12.5. The molecule has 1 aromatic rings. The van der Waals surface area contributed by atoms with Gasteiger partial charge >= 0.3 is 0 Å². The summed E-state index contributed by atoms with van der Waals surface area (Å²) in [6.45, 7) is 8.54. The van der Waals surface area contributed by atoms with E-state index in [0.717, 1.165) is 36.3 Å². The fraction of sp³-hybridized carbons (Fsp3) is 0.571. The zero-order valence-electron chi connectivity index (χ0n) is 11.7. The number of thiocarbonyl (C=S) groups is 1. The maximum absolute atomic E-state index is 5.76. The number of nitrogens with two attached hydrogens (primary N) is 1. The number of aryl methyl sites for hydroxylation is 1. The van der Waals surface area contributed by atoms with E-state index in [1.54, 1.807) is 0 Å².